The van der Waals surface area contributed by atoms with Crippen LogP contribution in [0, 0.1) is 0 Å². The molecule has 0 atom stereocenters. The molecule has 0 radical (unpaired) electrons. The van der Waals surface area contributed by atoms with E-state index in [9.17, 15) is 9.59 Å². The van der Waals surface area contributed by atoms with Crippen molar-refractivity contribution in [3.8, 4) is 0 Å². The van der Waals surface area contributed by atoms with E-state index >= 15 is 0 Å². The largest absolute Gasteiger partial charge is 0.478 e. The number of aromatic nitrogens is 3. The van der Waals surface area contributed by atoms with E-state index in [2.05, 4.69) is 20.3 Å². The summed E-state index contributed by atoms with van der Waals surface area (Å²) in [6.45, 7) is 0. The van der Waals surface area contributed by atoms with E-state index in [1.807, 2.05) is 0 Å². The number of rotatable bonds is 3. The van der Waals surface area contributed by atoms with Gasteiger partial charge in [0.05, 0.1) is 11.1 Å². The van der Waals surface area contributed by atoms with Crippen LogP contribution < -0.4 is 5.32 Å². The highest BCUT2D eigenvalue weighted by Gasteiger charge is 2.08. The summed E-state index contributed by atoms with van der Waals surface area (Å²) in [7, 11) is 0. The van der Waals surface area contributed by atoms with Gasteiger partial charge in [0.1, 0.15) is 12.1 Å². The molecule has 2 N–H and O–H groups in total. The van der Waals surface area contributed by atoms with E-state index in [-0.39, 0.29) is 11.4 Å². The fraction of sp³-hybridized carbons (Fsp3) is 0. The van der Waals surface area contributed by atoms with Gasteiger partial charge >= 0.3 is 5.97 Å². The Morgan fingerprint density at radius 2 is 1.78 bits per heavy atom. The van der Waals surface area contributed by atoms with Gasteiger partial charge < -0.3 is 10.4 Å². The fourth-order valence-corrected chi connectivity index (χ4v) is 1.20. The molecule has 2 heterocycles. The zero-order valence-electron chi connectivity index (χ0n) is 9.07. The third kappa shape index (κ3) is 2.64. The molecular weight excluding hydrogens is 236 g/mol. The van der Waals surface area contributed by atoms with Gasteiger partial charge in [0.15, 0.2) is 0 Å². The Balaban J connectivity index is 2.10. The van der Waals surface area contributed by atoms with Crippen LogP contribution in [-0.2, 0) is 0 Å². The van der Waals surface area contributed by atoms with Gasteiger partial charge in [-0.3, -0.25) is 4.79 Å². The second-order valence-corrected chi connectivity index (χ2v) is 3.32. The molecule has 0 saturated heterocycles. The lowest BCUT2D eigenvalue weighted by molar-refractivity contribution is 0.0696. The van der Waals surface area contributed by atoms with Gasteiger partial charge in [0.2, 0.25) is 0 Å². The van der Waals surface area contributed by atoms with Crippen molar-refractivity contribution in [2.75, 3.05) is 5.32 Å². The average molecular weight is 244 g/mol. The molecule has 2 rings (SSSR count). The molecule has 90 valence electrons. The molecule has 2 aromatic heterocycles. The molecule has 0 aliphatic rings. The van der Waals surface area contributed by atoms with Crippen LogP contribution in [0.5, 0.6) is 0 Å². The highest BCUT2D eigenvalue weighted by atomic mass is 16.4. The highest BCUT2D eigenvalue weighted by molar-refractivity contribution is 6.03. The van der Waals surface area contributed by atoms with E-state index in [0.29, 0.717) is 5.56 Å². The normalized spacial score (nSPS) is 9.78. The lowest BCUT2D eigenvalue weighted by atomic mass is 10.3. The van der Waals surface area contributed by atoms with E-state index in [1.165, 1.54) is 37.1 Å². The topological polar surface area (TPSA) is 105 Å². The first-order valence-electron chi connectivity index (χ1n) is 4.92. The molecule has 0 aliphatic carbocycles. The quantitative estimate of drug-likeness (QED) is 0.828. The minimum Gasteiger partial charge on any atom is -0.478 e. The Kier molecular flexibility index (Phi) is 3.24. The van der Waals surface area contributed by atoms with Crippen molar-refractivity contribution in [3.05, 3.63) is 48.2 Å². The Morgan fingerprint density at radius 3 is 2.33 bits per heavy atom. The van der Waals surface area contributed by atoms with Crippen LogP contribution in [0.25, 0.3) is 0 Å². The fourth-order valence-electron chi connectivity index (χ4n) is 1.20. The van der Waals surface area contributed by atoms with Gasteiger partial charge in [-0.05, 0) is 12.1 Å². The monoisotopic (exact) mass is 244 g/mol. The first kappa shape index (κ1) is 11.6. The summed E-state index contributed by atoms with van der Waals surface area (Å²) in [5, 5.41) is 11.2. The SMILES string of the molecule is O=C(O)c1ccc(NC(=O)c2cncnc2)nc1. The standard InChI is InChI=1S/C11H8N4O3/c16-10(8-3-12-6-13-4-8)15-9-2-1-7(5-14-9)11(17)18/h1-6H,(H,17,18)(H,14,15,16). The number of pyridine rings is 1. The number of hydrogen-bond acceptors (Lipinski definition) is 5. The highest BCUT2D eigenvalue weighted by Crippen LogP contribution is 2.06. The second kappa shape index (κ2) is 5.00. The first-order chi connectivity index (χ1) is 8.66. The van der Waals surface area contributed by atoms with E-state index in [0.717, 1.165) is 0 Å². The number of hydrogen-bond donors (Lipinski definition) is 2. The molecule has 0 saturated carbocycles. The smallest absolute Gasteiger partial charge is 0.337 e. The van der Waals surface area contributed by atoms with Gasteiger partial charge in [-0.25, -0.2) is 19.7 Å². The Bertz CT molecular complexity index is 569. The minimum absolute atomic E-state index is 0.0519. The molecule has 0 aromatic carbocycles. The van der Waals surface area contributed by atoms with E-state index in [4.69, 9.17) is 5.11 Å². The summed E-state index contributed by atoms with van der Waals surface area (Å²) in [4.78, 5) is 33.5. The molecule has 7 nitrogen and oxygen atoms in total. The van der Waals surface area contributed by atoms with Gasteiger partial charge in [-0.1, -0.05) is 0 Å². The Labute approximate surface area is 102 Å². The first-order valence-corrected chi connectivity index (χ1v) is 4.92. The number of aromatic carboxylic acids is 1. The van der Waals surface area contributed by atoms with Crippen molar-refractivity contribution in [2.45, 2.75) is 0 Å². The molecule has 0 fully saturated rings. The van der Waals surface area contributed by atoms with E-state index < -0.39 is 11.9 Å². The van der Waals surface area contributed by atoms with Crippen molar-refractivity contribution in [2.24, 2.45) is 0 Å². The van der Waals surface area contributed by atoms with Crippen LogP contribution in [0.2, 0.25) is 0 Å². The van der Waals surface area contributed by atoms with Crippen LogP contribution in [0.1, 0.15) is 20.7 Å². The summed E-state index contributed by atoms with van der Waals surface area (Å²) < 4.78 is 0. The van der Waals surface area contributed by atoms with Crippen molar-refractivity contribution in [3.63, 3.8) is 0 Å². The lowest BCUT2D eigenvalue weighted by Crippen LogP contribution is -2.13. The maximum atomic E-state index is 11.7. The third-order valence-corrected chi connectivity index (χ3v) is 2.07. The van der Waals surface area contributed by atoms with Crippen LogP contribution >= 0.6 is 0 Å². The van der Waals surface area contributed by atoms with Gasteiger partial charge in [0, 0.05) is 18.6 Å². The zero-order chi connectivity index (χ0) is 13.0. The van der Waals surface area contributed by atoms with E-state index in [1.54, 1.807) is 0 Å². The summed E-state index contributed by atoms with van der Waals surface area (Å²) in [5.41, 5.74) is 0.345. The van der Waals surface area contributed by atoms with Gasteiger partial charge in [0.25, 0.3) is 5.91 Å². The number of nitrogens with zero attached hydrogens (tertiary/aromatic N) is 3. The summed E-state index contributed by atoms with van der Waals surface area (Å²) in [5.74, 6) is -1.23. The number of nitrogens with one attached hydrogen (secondary N) is 1. The Hall–Kier alpha value is -2.83. The molecule has 0 aliphatic heterocycles. The summed E-state index contributed by atoms with van der Waals surface area (Å²) in [6.07, 6.45) is 5.22. The number of anilines is 1. The van der Waals surface area contributed by atoms with Crippen molar-refractivity contribution in [1.29, 1.82) is 0 Å². The Morgan fingerprint density at radius 1 is 1.06 bits per heavy atom. The number of carbonyl (C=O) groups is 2. The minimum atomic E-state index is -1.07. The van der Waals surface area contributed by atoms with Crippen LogP contribution in [0.15, 0.2) is 37.1 Å². The molecule has 0 spiro atoms. The maximum Gasteiger partial charge on any atom is 0.337 e. The predicted molar refractivity (Wildman–Crippen MR) is 61.2 cm³/mol. The molecule has 18 heavy (non-hydrogen) atoms. The number of carboxylic acids is 1. The summed E-state index contributed by atoms with van der Waals surface area (Å²) >= 11 is 0. The van der Waals surface area contributed by atoms with Crippen molar-refractivity contribution < 1.29 is 14.7 Å². The molecular formula is C11H8N4O3. The lowest BCUT2D eigenvalue weighted by Gasteiger charge is -2.03. The number of amides is 1. The summed E-state index contributed by atoms with van der Waals surface area (Å²) in [6, 6.07) is 2.76. The number of carboxylic acid groups (broad SMARTS) is 1. The van der Waals surface area contributed by atoms with Gasteiger partial charge in [-0.15, -0.1) is 0 Å². The predicted octanol–water partition coefficient (Wildman–Crippen LogP) is 0.822. The van der Waals surface area contributed by atoms with Crippen LogP contribution in [-0.4, -0.2) is 31.9 Å². The zero-order valence-corrected chi connectivity index (χ0v) is 9.07. The number of carbonyl (C=O) groups excluding carboxylic acids is 1. The second-order valence-electron chi connectivity index (χ2n) is 3.32. The molecule has 7 heteroatoms. The van der Waals surface area contributed by atoms with Crippen molar-refractivity contribution >= 4 is 17.7 Å². The molecule has 0 unspecified atom stereocenters. The maximum absolute atomic E-state index is 11.7. The van der Waals surface area contributed by atoms with Crippen LogP contribution in [0.3, 0.4) is 0 Å². The van der Waals surface area contributed by atoms with Gasteiger partial charge in [-0.2, -0.15) is 0 Å². The molecule has 1 amide bonds. The molecule has 0 bridgehead atoms. The van der Waals surface area contributed by atoms with Crippen molar-refractivity contribution in [1.82, 2.24) is 15.0 Å². The molecule has 2 aromatic rings. The third-order valence-electron chi connectivity index (χ3n) is 2.07. The average Bonchev–Trinajstić information content (AvgIpc) is 2.40. The van der Waals surface area contributed by atoms with Crippen LogP contribution in [0.4, 0.5) is 5.82 Å².